The van der Waals surface area contributed by atoms with Gasteiger partial charge >= 0.3 is 0 Å². The lowest BCUT2D eigenvalue weighted by Gasteiger charge is -2.14. The van der Waals surface area contributed by atoms with E-state index >= 15 is 0 Å². The summed E-state index contributed by atoms with van der Waals surface area (Å²) in [7, 11) is 0. The van der Waals surface area contributed by atoms with Crippen LogP contribution in [0.5, 0.6) is 0 Å². The van der Waals surface area contributed by atoms with Gasteiger partial charge in [-0.3, -0.25) is 19.5 Å². The number of rotatable bonds is 4. The Morgan fingerprint density at radius 2 is 2.00 bits per heavy atom. The molecule has 0 radical (unpaired) electrons. The summed E-state index contributed by atoms with van der Waals surface area (Å²) in [4.78, 5) is 27.9. The van der Waals surface area contributed by atoms with E-state index in [9.17, 15) is 14.9 Å². The summed E-state index contributed by atoms with van der Waals surface area (Å²) in [5.41, 5.74) is 0.664. The van der Waals surface area contributed by atoms with Gasteiger partial charge in [-0.1, -0.05) is 30.7 Å². The van der Waals surface area contributed by atoms with Crippen LogP contribution in [0.15, 0.2) is 47.3 Å². The average molecular weight is 344 g/mol. The highest BCUT2D eigenvalue weighted by Gasteiger charge is 2.16. The zero-order chi connectivity index (χ0) is 17.3. The smallest absolute Gasteiger partial charge is 0.268 e. The molecular weight excluding hydrogens is 330 g/mol. The molecule has 0 saturated heterocycles. The number of nitro benzene ring substituents is 1. The third-order valence-electron chi connectivity index (χ3n) is 3.70. The van der Waals surface area contributed by atoms with E-state index in [0.717, 1.165) is 6.42 Å². The van der Waals surface area contributed by atoms with Gasteiger partial charge < -0.3 is 0 Å². The quantitative estimate of drug-likeness (QED) is 0.531. The Hall–Kier alpha value is -2.73. The normalized spacial score (nSPS) is 10.9. The molecule has 0 amide bonds. The van der Waals surface area contributed by atoms with Gasteiger partial charge in [0.15, 0.2) is 0 Å². The van der Waals surface area contributed by atoms with E-state index in [1.807, 2.05) is 13.0 Å². The van der Waals surface area contributed by atoms with Crippen LogP contribution in [0.25, 0.3) is 16.6 Å². The van der Waals surface area contributed by atoms with Crippen LogP contribution in [-0.4, -0.2) is 14.5 Å². The SMILES string of the molecule is CCCc1nc2ccccc2c(=O)n1-c1ccc([N+](=O)[O-])cc1Cl. The molecule has 0 atom stereocenters. The number of nitro groups is 1. The van der Waals surface area contributed by atoms with Crippen molar-refractivity contribution in [2.75, 3.05) is 0 Å². The standard InChI is InChI=1S/C17H14ClN3O3/c1-2-5-16-19-14-7-4-3-6-12(14)17(22)20(16)15-9-8-11(21(23)24)10-13(15)18/h3-4,6-10H,2,5H2,1H3. The van der Waals surface area contributed by atoms with Crippen LogP contribution in [0.1, 0.15) is 19.2 Å². The van der Waals surface area contributed by atoms with Gasteiger partial charge in [-0.2, -0.15) is 0 Å². The molecule has 0 N–H and O–H groups in total. The average Bonchev–Trinajstić information content (AvgIpc) is 2.56. The molecule has 122 valence electrons. The van der Waals surface area contributed by atoms with Crippen molar-refractivity contribution in [3.05, 3.63) is 73.8 Å². The Morgan fingerprint density at radius 3 is 2.67 bits per heavy atom. The van der Waals surface area contributed by atoms with E-state index in [1.165, 1.54) is 22.8 Å². The highest BCUT2D eigenvalue weighted by Crippen LogP contribution is 2.26. The van der Waals surface area contributed by atoms with Gasteiger partial charge in [-0.05, 0) is 24.6 Å². The first kappa shape index (κ1) is 16.1. The molecule has 6 nitrogen and oxygen atoms in total. The number of fused-ring (bicyclic) bond motifs is 1. The van der Waals surface area contributed by atoms with Crippen LogP contribution in [0.2, 0.25) is 5.02 Å². The van der Waals surface area contributed by atoms with E-state index in [-0.39, 0.29) is 16.3 Å². The molecule has 24 heavy (non-hydrogen) atoms. The van der Waals surface area contributed by atoms with Gasteiger partial charge in [0.25, 0.3) is 11.2 Å². The molecule has 0 spiro atoms. The first-order valence-corrected chi connectivity index (χ1v) is 7.85. The minimum Gasteiger partial charge on any atom is -0.268 e. The fourth-order valence-corrected chi connectivity index (χ4v) is 2.87. The Kier molecular flexibility index (Phi) is 4.31. The van der Waals surface area contributed by atoms with Gasteiger partial charge in [-0.15, -0.1) is 0 Å². The molecule has 0 aliphatic carbocycles. The molecule has 0 aliphatic heterocycles. The Bertz CT molecular complexity index is 998. The maximum Gasteiger partial charge on any atom is 0.271 e. The molecule has 1 aromatic heterocycles. The fraction of sp³-hybridized carbons (Fsp3) is 0.176. The van der Waals surface area contributed by atoms with Crippen molar-refractivity contribution in [1.29, 1.82) is 0 Å². The van der Waals surface area contributed by atoms with Crippen molar-refractivity contribution < 1.29 is 4.92 Å². The van der Waals surface area contributed by atoms with Gasteiger partial charge in [0, 0.05) is 18.6 Å². The number of para-hydroxylation sites is 1. The molecule has 0 fully saturated rings. The molecule has 0 unspecified atom stereocenters. The first-order valence-electron chi connectivity index (χ1n) is 7.48. The van der Waals surface area contributed by atoms with Gasteiger partial charge in [-0.25, -0.2) is 4.98 Å². The molecule has 1 heterocycles. The second-order valence-corrected chi connectivity index (χ2v) is 5.74. The number of benzene rings is 2. The van der Waals surface area contributed by atoms with E-state index in [0.29, 0.717) is 28.8 Å². The van der Waals surface area contributed by atoms with Crippen LogP contribution in [0, 0.1) is 10.1 Å². The number of nitrogens with zero attached hydrogens (tertiary/aromatic N) is 3. The van der Waals surface area contributed by atoms with Crippen LogP contribution in [0.4, 0.5) is 5.69 Å². The molecule has 0 aliphatic rings. The first-order chi connectivity index (χ1) is 11.5. The summed E-state index contributed by atoms with van der Waals surface area (Å²) in [6.07, 6.45) is 1.39. The van der Waals surface area contributed by atoms with Crippen molar-refractivity contribution in [1.82, 2.24) is 9.55 Å². The number of aryl methyl sites for hydroxylation is 1. The highest BCUT2D eigenvalue weighted by atomic mass is 35.5. The van der Waals surface area contributed by atoms with Crippen LogP contribution in [-0.2, 0) is 6.42 Å². The summed E-state index contributed by atoms with van der Waals surface area (Å²) >= 11 is 6.21. The number of halogens is 1. The number of hydrogen-bond acceptors (Lipinski definition) is 4. The number of non-ortho nitro benzene ring substituents is 1. The van der Waals surface area contributed by atoms with Crippen LogP contribution < -0.4 is 5.56 Å². The Labute approximate surface area is 142 Å². The van der Waals surface area contributed by atoms with Crippen LogP contribution in [0.3, 0.4) is 0 Å². The molecular formula is C17H14ClN3O3. The van der Waals surface area contributed by atoms with Gasteiger partial charge in [0.05, 0.1) is 26.5 Å². The largest absolute Gasteiger partial charge is 0.271 e. The maximum atomic E-state index is 12.9. The molecule has 0 saturated carbocycles. The van der Waals surface area contributed by atoms with E-state index in [4.69, 9.17) is 11.6 Å². The topological polar surface area (TPSA) is 78.0 Å². The predicted octanol–water partition coefficient (Wildman–Crippen LogP) is 3.90. The minimum atomic E-state index is -0.524. The van der Waals surface area contributed by atoms with Gasteiger partial charge in [0.2, 0.25) is 0 Å². The zero-order valence-electron chi connectivity index (χ0n) is 12.9. The second-order valence-electron chi connectivity index (χ2n) is 5.33. The third-order valence-corrected chi connectivity index (χ3v) is 4.00. The molecule has 7 heteroatoms. The number of hydrogen-bond donors (Lipinski definition) is 0. The molecule has 0 bridgehead atoms. The summed E-state index contributed by atoms with van der Waals surface area (Å²) in [5.74, 6) is 0.581. The lowest BCUT2D eigenvalue weighted by Crippen LogP contribution is -2.24. The molecule has 3 rings (SSSR count). The predicted molar refractivity (Wildman–Crippen MR) is 93.0 cm³/mol. The Balaban J connectivity index is 2.32. The Morgan fingerprint density at radius 1 is 1.25 bits per heavy atom. The third kappa shape index (κ3) is 2.76. The zero-order valence-corrected chi connectivity index (χ0v) is 13.7. The van der Waals surface area contributed by atoms with Crippen molar-refractivity contribution in [3.8, 4) is 5.69 Å². The molecule has 2 aromatic carbocycles. The van der Waals surface area contributed by atoms with Crippen LogP contribution >= 0.6 is 11.6 Å². The summed E-state index contributed by atoms with van der Waals surface area (Å²) in [6.45, 7) is 1.99. The van der Waals surface area contributed by atoms with Crippen molar-refractivity contribution in [2.45, 2.75) is 19.8 Å². The fourth-order valence-electron chi connectivity index (χ4n) is 2.61. The maximum absolute atomic E-state index is 12.9. The summed E-state index contributed by atoms with van der Waals surface area (Å²) in [5, 5.41) is 11.5. The lowest BCUT2D eigenvalue weighted by atomic mass is 10.2. The summed E-state index contributed by atoms with van der Waals surface area (Å²) < 4.78 is 1.44. The highest BCUT2D eigenvalue weighted by molar-refractivity contribution is 6.32. The monoisotopic (exact) mass is 343 g/mol. The van der Waals surface area contributed by atoms with E-state index < -0.39 is 4.92 Å². The second kappa shape index (κ2) is 6.41. The van der Waals surface area contributed by atoms with Crippen molar-refractivity contribution >= 4 is 28.2 Å². The minimum absolute atomic E-state index is 0.123. The summed E-state index contributed by atoms with van der Waals surface area (Å²) in [6, 6.07) is 11.2. The lowest BCUT2D eigenvalue weighted by molar-refractivity contribution is -0.384. The van der Waals surface area contributed by atoms with E-state index in [2.05, 4.69) is 4.98 Å². The van der Waals surface area contributed by atoms with Crippen molar-refractivity contribution in [3.63, 3.8) is 0 Å². The number of aromatic nitrogens is 2. The van der Waals surface area contributed by atoms with Gasteiger partial charge in [0.1, 0.15) is 5.82 Å². The van der Waals surface area contributed by atoms with E-state index in [1.54, 1.807) is 18.2 Å². The molecule has 3 aromatic rings. The van der Waals surface area contributed by atoms with Crippen molar-refractivity contribution in [2.24, 2.45) is 0 Å².